The number of rotatable bonds is 11. The summed E-state index contributed by atoms with van der Waals surface area (Å²) in [6.45, 7) is -0.584. The predicted octanol–water partition coefficient (Wildman–Crippen LogP) is 5.31. The monoisotopic (exact) mass is 558 g/mol. The van der Waals surface area contributed by atoms with Gasteiger partial charge in [0.25, 0.3) is 0 Å². The SMILES string of the molecule is COc1cc(OC)c(-c2cc3ccccc3s2)cc1/C=C/C(=O)c1cc(OC)c(OCC(=O)O)c(OC)c1.[NaH]. The van der Waals surface area contributed by atoms with Gasteiger partial charge in [-0.2, -0.15) is 0 Å². The summed E-state index contributed by atoms with van der Waals surface area (Å²) in [5, 5.41) is 10.1. The number of hydrogen-bond donors (Lipinski definition) is 1. The van der Waals surface area contributed by atoms with E-state index in [0.717, 1.165) is 20.5 Å². The number of aliphatic carboxylic acids is 1. The number of carboxylic acids is 1. The maximum atomic E-state index is 13.1. The number of hydrogen-bond acceptors (Lipinski definition) is 8. The number of fused-ring (bicyclic) bond motifs is 1. The standard InChI is InChI=1S/C29H26O8S.Na.H/c1-33-22-15-23(34-2)20(27-14-18-7-5-6-8-26(18)38-27)11-17(22)9-10-21(30)19-12-24(35-3)29(25(13-19)36-4)37-16-28(31)32;;/h5-15H,16H2,1-4H3,(H,31,32);;/b10-9+;;. The number of benzene rings is 3. The van der Waals surface area contributed by atoms with Gasteiger partial charge in [-0.15, -0.1) is 11.3 Å². The van der Waals surface area contributed by atoms with Gasteiger partial charge in [-0.3, -0.25) is 4.79 Å². The maximum absolute atomic E-state index is 13.1. The number of carbonyl (C=O) groups is 2. The first-order chi connectivity index (χ1) is 18.4. The van der Waals surface area contributed by atoms with Crippen LogP contribution in [0.5, 0.6) is 28.7 Å². The molecule has 0 spiro atoms. The Kier molecular flexibility index (Phi) is 10.4. The van der Waals surface area contributed by atoms with Gasteiger partial charge >= 0.3 is 35.5 Å². The summed E-state index contributed by atoms with van der Waals surface area (Å²) >= 11 is 1.65. The van der Waals surface area contributed by atoms with Gasteiger partial charge in [0.1, 0.15) is 11.5 Å². The quantitative estimate of drug-likeness (QED) is 0.150. The number of carbonyl (C=O) groups excluding carboxylic acids is 1. The zero-order valence-corrected chi connectivity index (χ0v) is 22.1. The van der Waals surface area contributed by atoms with E-state index in [0.29, 0.717) is 17.1 Å². The van der Waals surface area contributed by atoms with Crippen LogP contribution in [0, 0.1) is 0 Å². The number of methoxy groups -OCH3 is 4. The van der Waals surface area contributed by atoms with E-state index in [2.05, 4.69) is 18.2 Å². The molecule has 0 radical (unpaired) electrons. The van der Waals surface area contributed by atoms with E-state index in [-0.39, 0.29) is 58.2 Å². The Labute approximate surface area is 252 Å². The summed E-state index contributed by atoms with van der Waals surface area (Å²) in [6, 6.07) is 16.9. The molecule has 39 heavy (non-hydrogen) atoms. The third-order valence-corrected chi connectivity index (χ3v) is 6.89. The van der Waals surface area contributed by atoms with E-state index in [1.165, 1.54) is 32.4 Å². The van der Waals surface area contributed by atoms with Gasteiger partial charge in [0.05, 0.1) is 28.4 Å². The van der Waals surface area contributed by atoms with E-state index in [9.17, 15) is 9.59 Å². The van der Waals surface area contributed by atoms with Crippen LogP contribution in [0.1, 0.15) is 15.9 Å². The summed E-state index contributed by atoms with van der Waals surface area (Å²) < 4.78 is 28.3. The molecule has 0 fully saturated rings. The van der Waals surface area contributed by atoms with Crippen LogP contribution in [0.15, 0.2) is 60.7 Å². The van der Waals surface area contributed by atoms with Crippen molar-refractivity contribution in [3.63, 3.8) is 0 Å². The molecule has 3 aromatic carbocycles. The number of allylic oxidation sites excluding steroid dienone is 1. The van der Waals surface area contributed by atoms with Crippen LogP contribution >= 0.6 is 11.3 Å². The number of ketones is 1. The molecule has 0 saturated heterocycles. The van der Waals surface area contributed by atoms with Crippen molar-refractivity contribution in [2.45, 2.75) is 0 Å². The zero-order chi connectivity index (χ0) is 27.2. The Morgan fingerprint density at radius 3 is 2.08 bits per heavy atom. The molecule has 0 amide bonds. The molecular formula is C29H27NaO8S. The molecule has 0 aliphatic rings. The average Bonchev–Trinajstić information content (AvgIpc) is 3.37. The second-order valence-electron chi connectivity index (χ2n) is 8.03. The minimum atomic E-state index is -1.15. The molecule has 198 valence electrons. The molecule has 0 unspecified atom stereocenters. The van der Waals surface area contributed by atoms with Gasteiger partial charge in [0.2, 0.25) is 5.75 Å². The molecule has 8 nitrogen and oxygen atoms in total. The van der Waals surface area contributed by atoms with Crippen molar-refractivity contribution in [2.24, 2.45) is 0 Å². The molecule has 1 heterocycles. The van der Waals surface area contributed by atoms with Crippen LogP contribution in [0.25, 0.3) is 26.6 Å². The van der Waals surface area contributed by atoms with Gasteiger partial charge in [0.15, 0.2) is 23.9 Å². The van der Waals surface area contributed by atoms with Crippen LogP contribution in [0.2, 0.25) is 0 Å². The van der Waals surface area contributed by atoms with Crippen molar-refractivity contribution >= 4 is 68.8 Å². The molecule has 0 saturated carbocycles. The minimum absolute atomic E-state index is 0. The Morgan fingerprint density at radius 2 is 1.49 bits per heavy atom. The van der Waals surface area contributed by atoms with Crippen molar-refractivity contribution in [2.75, 3.05) is 35.0 Å². The first kappa shape index (κ1) is 30.0. The second kappa shape index (κ2) is 13.5. The number of ether oxygens (including phenoxy) is 5. The molecule has 0 bridgehead atoms. The fraction of sp³-hybridized carbons (Fsp3) is 0.172. The fourth-order valence-electron chi connectivity index (χ4n) is 3.92. The topological polar surface area (TPSA) is 101 Å². The first-order valence-corrected chi connectivity index (χ1v) is 12.3. The van der Waals surface area contributed by atoms with Gasteiger partial charge in [-0.1, -0.05) is 18.2 Å². The van der Waals surface area contributed by atoms with Crippen LogP contribution in [0.3, 0.4) is 0 Å². The fourth-order valence-corrected chi connectivity index (χ4v) is 5.00. The van der Waals surface area contributed by atoms with E-state index in [1.54, 1.807) is 37.7 Å². The van der Waals surface area contributed by atoms with Crippen LogP contribution < -0.4 is 23.7 Å². The van der Waals surface area contributed by atoms with Crippen LogP contribution in [-0.2, 0) is 4.79 Å². The van der Waals surface area contributed by atoms with E-state index < -0.39 is 12.6 Å². The molecule has 1 aromatic heterocycles. The molecule has 10 heteroatoms. The average molecular weight is 559 g/mol. The molecule has 0 aliphatic heterocycles. The zero-order valence-electron chi connectivity index (χ0n) is 21.3. The van der Waals surface area contributed by atoms with Crippen molar-refractivity contribution < 1.29 is 38.4 Å². The summed E-state index contributed by atoms with van der Waals surface area (Å²) in [5.74, 6) is 0.176. The number of carboxylic acid groups (broad SMARTS) is 1. The number of thiophene rings is 1. The van der Waals surface area contributed by atoms with Gasteiger partial charge in [-0.25, -0.2) is 4.79 Å². The third kappa shape index (κ3) is 6.75. The van der Waals surface area contributed by atoms with Gasteiger partial charge in [0, 0.05) is 32.3 Å². The Balaban J connectivity index is 0.00000420. The van der Waals surface area contributed by atoms with Crippen molar-refractivity contribution in [3.05, 3.63) is 71.8 Å². The summed E-state index contributed by atoms with van der Waals surface area (Å²) in [4.78, 5) is 25.1. The third-order valence-electron chi connectivity index (χ3n) is 5.74. The van der Waals surface area contributed by atoms with Gasteiger partial charge < -0.3 is 28.8 Å². The van der Waals surface area contributed by atoms with E-state index in [1.807, 2.05) is 18.2 Å². The summed E-state index contributed by atoms with van der Waals surface area (Å²) in [6.07, 6.45) is 3.09. The van der Waals surface area contributed by atoms with Crippen molar-refractivity contribution in [3.8, 4) is 39.2 Å². The Hall–Kier alpha value is -3.50. The summed E-state index contributed by atoms with van der Waals surface area (Å²) in [7, 11) is 5.95. The van der Waals surface area contributed by atoms with Crippen LogP contribution in [-0.4, -0.2) is 81.5 Å². The van der Waals surface area contributed by atoms with Gasteiger partial charge in [-0.05, 0) is 47.9 Å². The molecule has 4 aromatic rings. The summed E-state index contributed by atoms with van der Waals surface area (Å²) in [5.41, 5.74) is 1.84. The van der Waals surface area contributed by atoms with Crippen LogP contribution in [0.4, 0.5) is 0 Å². The van der Waals surface area contributed by atoms with Crippen molar-refractivity contribution in [1.29, 1.82) is 0 Å². The van der Waals surface area contributed by atoms with E-state index >= 15 is 0 Å². The molecule has 1 N–H and O–H groups in total. The Bertz CT molecular complexity index is 1470. The normalized spacial score (nSPS) is 10.7. The first-order valence-electron chi connectivity index (χ1n) is 11.5. The molecular weight excluding hydrogens is 531 g/mol. The Morgan fingerprint density at radius 1 is 0.846 bits per heavy atom. The van der Waals surface area contributed by atoms with E-state index in [4.69, 9.17) is 28.8 Å². The molecule has 4 rings (SSSR count). The van der Waals surface area contributed by atoms with Crippen molar-refractivity contribution in [1.82, 2.24) is 0 Å². The molecule has 0 atom stereocenters. The second-order valence-corrected chi connectivity index (χ2v) is 9.12. The molecule has 0 aliphatic carbocycles. The predicted molar refractivity (Wildman–Crippen MR) is 154 cm³/mol.